The Labute approximate surface area is 145 Å². The molecule has 8 heteroatoms. The van der Waals surface area contributed by atoms with Gasteiger partial charge in [0, 0.05) is 12.6 Å². The number of carbonyl (C=O) groups is 2. The first kappa shape index (κ1) is 18.6. The molecule has 0 radical (unpaired) electrons. The van der Waals surface area contributed by atoms with E-state index in [1.54, 1.807) is 19.1 Å². The summed E-state index contributed by atoms with van der Waals surface area (Å²) in [6, 6.07) is 3.13. The van der Waals surface area contributed by atoms with Crippen LogP contribution in [0.5, 0.6) is 0 Å². The van der Waals surface area contributed by atoms with Gasteiger partial charge in [-0.2, -0.15) is 0 Å². The molecule has 0 aliphatic heterocycles. The highest BCUT2D eigenvalue weighted by Gasteiger charge is 2.22. The van der Waals surface area contributed by atoms with Crippen LogP contribution in [0.15, 0.2) is 33.6 Å². The van der Waals surface area contributed by atoms with Crippen molar-refractivity contribution in [2.24, 2.45) is 5.92 Å². The van der Waals surface area contributed by atoms with Crippen molar-refractivity contribution < 1.29 is 23.2 Å². The molecule has 2 aromatic rings. The van der Waals surface area contributed by atoms with Crippen LogP contribution in [0, 0.1) is 5.92 Å². The van der Waals surface area contributed by atoms with Gasteiger partial charge < -0.3 is 24.2 Å². The lowest BCUT2D eigenvalue weighted by Crippen LogP contribution is -2.44. The molecule has 0 saturated heterocycles. The fourth-order valence-electron chi connectivity index (χ4n) is 2.39. The van der Waals surface area contributed by atoms with Gasteiger partial charge in [0.05, 0.1) is 12.9 Å². The molecule has 8 nitrogen and oxygen atoms in total. The number of nitrogens with one attached hydrogen (secondary N) is 2. The molecule has 2 heterocycles. The fraction of sp³-hybridized carbons (Fsp3) is 0.471. The first-order valence-electron chi connectivity index (χ1n) is 8.20. The van der Waals surface area contributed by atoms with E-state index in [1.165, 1.54) is 12.7 Å². The highest BCUT2D eigenvalue weighted by Crippen LogP contribution is 2.23. The molecule has 2 N–H and O–H groups in total. The molecular weight excluding hydrogens is 326 g/mol. The van der Waals surface area contributed by atoms with Gasteiger partial charge in [-0.15, -0.1) is 0 Å². The highest BCUT2D eigenvalue weighted by atomic mass is 16.5. The lowest BCUT2D eigenvalue weighted by Gasteiger charge is -2.20. The van der Waals surface area contributed by atoms with Crippen molar-refractivity contribution in [1.82, 2.24) is 15.6 Å². The second-order valence-corrected chi connectivity index (χ2v) is 5.91. The molecule has 2 amide bonds. The first-order valence-corrected chi connectivity index (χ1v) is 8.20. The lowest BCUT2D eigenvalue weighted by molar-refractivity contribution is 0.0940. The van der Waals surface area contributed by atoms with Gasteiger partial charge in [0.15, 0.2) is 17.8 Å². The van der Waals surface area contributed by atoms with Gasteiger partial charge >= 0.3 is 6.09 Å². The van der Waals surface area contributed by atoms with Crippen LogP contribution >= 0.6 is 0 Å². The van der Waals surface area contributed by atoms with Crippen LogP contribution in [0.25, 0.3) is 11.5 Å². The van der Waals surface area contributed by atoms with Gasteiger partial charge in [0.25, 0.3) is 5.91 Å². The Morgan fingerprint density at radius 1 is 1.32 bits per heavy atom. The van der Waals surface area contributed by atoms with Crippen molar-refractivity contribution in [2.45, 2.75) is 33.2 Å². The van der Waals surface area contributed by atoms with Crippen LogP contribution in [0.3, 0.4) is 0 Å². The second-order valence-electron chi connectivity index (χ2n) is 5.91. The molecule has 0 aliphatic carbocycles. The standard InChI is InChI=1S/C17H23N3O5/c1-4-23-17(22)20-12(8-11(2)3)9-18-16(21)14-15(25-10-19-14)13-6-5-7-24-13/h5-7,10-12H,4,8-9H2,1-3H3,(H,18,21)(H,20,22). The van der Waals surface area contributed by atoms with E-state index in [2.05, 4.69) is 15.6 Å². The number of carbonyl (C=O) groups excluding carboxylic acids is 2. The van der Waals surface area contributed by atoms with Crippen LogP contribution in [0.4, 0.5) is 4.79 Å². The molecule has 2 rings (SSSR count). The van der Waals surface area contributed by atoms with Gasteiger partial charge in [-0.05, 0) is 31.4 Å². The maximum Gasteiger partial charge on any atom is 0.407 e. The smallest absolute Gasteiger partial charge is 0.407 e. The maximum atomic E-state index is 12.4. The van der Waals surface area contributed by atoms with E-state index in [-0.39, 0.29) is 30.6 Å². The molecule has 0 bridgehead atoms. The third-order valence-corrected chi connectivity index (χ3v) is 3.39. The quantitative estimate of drug-likeness (QED) is 0.759. The Morgan fingerprint density at radius 2 is 2.12 bits per heavy atom. The molecule has 1 atom stereocenters. The number of rotatable bonds is 8. The number of oxazole rings is 1. The average molecular weight is 349 g/mol. The van der Waals surface area contributed by atoms with E-state index in [9.17, 15) is 9.59 Å². The molecule has 136 valence electrons. The predicted octanol–water partition coefficient (Wildman–Crippen LogP) is 2.83. The number of hydrogen-bond acceptors (Lipinski definition) is 6. The number of nitrogens with zero attached hydrogens (tertiary/aromatic N) is 1. The highest BCUT2D eigenvalue weighted by molar-refractivity contribution is 5.97. The van der Waals surface area contributed by atoms with Crippen LogP contribution < -0.4 is 10.6 Å². The van der Waals surface area contributed by atoms with Crippen LogP contribution in [-0.4, -0.2) is 36.2 Å². The molecule has 0 fully saturated rings. The summed E-state index contributed by atoms with van der Waals surface area (Å²) in [6.45, 7) is 6.35. The number of aromatic nitrogens is 1. The molecular formula is C17H23N3O5. The van der Waals surface area contributed by atoms with Crippen molar-refractivity contribution in [3.8, 4) is 11.5 Å². The van der Waals surface area contributed by atoms with E-state index in [0.29, 0.717) is 18.1 Å². The Balaban J connectivity index is 1.99. The summed E-state index contributed by atoms with van der Waals surface area (Å²) in [4.78, 5) is 28.0. The van der Waals surface area contributed by atoms with Crippen molar-refractivity contribution in [1.29, 1.82) is 0 Å². The Morgan fingerprint density at radius 3 is 2.76 bits per heavy atom. The topological polar surface area (TPSA) is 107 Å². The van der Waals surface area contributed by atoms with Gasteiger partial charge in [-0.25, -0.2) is 9.78 Å². The van der Waals surface area contributed by atoms with Crippen molar-refractivity contribution in [3.63, 3.8) is 0 Å². The Bertz CT molecular complexity index is 678. The van der Waals surface area contributed by atoms with E-state index < -0.39 is 12.0 Å². The van der Waals surface area contributed by atoms with E-state index in [0.717, 1.165) is 0 Å². The van der Waals surface area contributed by atoms with Gasteiger partial charge in [0.2, 0.25) is 5.76 Å². The summed E-state index contributed by atoms with van der Waals surface area (Å²) in [6.07, 6.45) is 2.87. The average Bonchev–Trinajstić information content (AvgIpc) is 3.22. The summed E-state index contributed by atoms with van der Waals surface area (Å²) < 4.78 is 15.4. The number of ether oxygens (including phenoxy) is 1. The maximum absolute atomic E-state index is 12.4. The summed E-state index contributed by atoms with van der Waals surface area (Å²) in [5.74, 6) is 0.626. The SMILES string of the molecule is CCOC(=O)NC(CNC(=O)c1ncoc1-c1ccco1)CC(C)C. The number of amides is 2. The summed E-state index contributed by atoms with van der Waals surface area (Å²) in [7, 11) is 0. The monoisotopic (exact) mass is 349 g/mol. The number of alkyl carbamates (subject to hydrolysis) is 1. The van der Waals surface area contributed by atoms with Gasteiger partial charge in [0.1, 0.15) is 0 Å². The predicted molar refractivity (Wildman–Crippen MR) is 89.9 cm³/mol. The molecule has 0 saturated carbocycles. The van der Waals surface area contributed by atoms with Gasteiger partial charge in [-0.1, -0.05) is 13.8 Å². The van der Waals surface area contributed by atoms with Crippen molar-refractivity contribution in [2.75, 3.05) is 13.2 Å². The Kier molecular flexibility index (Phi) is 6.62. The minimum Gasteiger partial charge on any atom is -0.461 e. The Hall–Kier alpha value is -2.77. The molecule has 25 heavy (non-hydrogen) atoms. The summed E-state index contributed by atoms with van der Waals surface area (Å²) >= 11 is 0. The van der Waals surface area contributed by atoms with Crippen molar-refractivity contribution in [3.05, 3.63) is 30.5 Å². The van der Waals surface area contributed by atoms with Crippen LogP contribution in [0.1, 0.15) is 37.7 Å². The minimum absolute atomic E-state index is 0.134. The normalized spacial score (nSPS) is 12.0. The van der Waals surface area contributed by atoms with E-state index in [1.807, 2.05) is 13.8 Å². The summed E-state index contributed by atoms with van der Waals surface area (Å²) in [5, 5.41) is 5.52. The third-order valence-electron chi connectivity index (χ3n) is 3.39. The zero-order chi connectivity index (χ0) is 18.2. The lowest BCUT2D eigenvalue weighted by atomic mass is 10.0. The minimum atomic E-state index is -0.500. The third kappa shape index (κ3) is 5.37. The zero-order valence-corrected chi connectivity index (χ0v) is 14.6. The zero-order valence-electron chi connectivity index (χ0n) is 14.6. The first-order chi connectivity index (χ1) is 12.0. The molecule has 1 unspecified atom stereocenters. The largest absolute Gasteiger partial charge is 0.461 e. The van der Waals surface area contributed by atoms with E-state index in [4.69, 9.17) is 13.6 Å². The van der Waals surface area contributed by atoms with Crippen LogP contribution in [-0.2, 0) is 4.74 Å². The molecule has 0 spiro atoms. The molecule has 0 aliphatic rings. The van der Waals surface area contributed by atoms with Crippen molar-refractivity contribution >= 4 is 12.0 Å². The number of hydrogen-bond donors (Lipinski definition) is 2. The molecule has 0 aromatic carbocycles. The van der Waals surface area contributed by atoms with Gasteiger partial charge in [-0.3, -0.25) is 4.79 Å². The summed E-state index contributed by atoms with van der Waals surface area (Å²) in [5.41, 5.74) is 0.134. The second kappa shape index (κ2) is 8.91. The van der Waals surface area contributed by atoms with E-state index >= 15 is 0 Å². The molecule has 2 aromatic heterocycles. The van der Waals surface area contributed by atoms with Crippen LogP contribution in [0.2, 0.25) is 0 Å². The fourth-order valence-corrected chi connectivity index (χ4v) is 2.39. The number of furan rings is 1.